The zero-order valence-corrected chi connectivity index (χ0v) is 13.7. The van der Waals surface area contributed by atoms with Gasteiger partial charge in [0, 0.05) is 57.9 Å². The number of hydrogen-bond acceptors (Lipinski definition) is 4. The fraction of sp³-hybridized carbons (Fsp3) is 0.562. The highest BCUT2D eigenvalue weighted by molar-refractivity contribution is 7.80. The summed E-state index contributed by atoms with van der Waals surface area (Å²) in [6.07, 6.45) is 0.771. The number of piperazine rings is 1. The first-order valence-electron chi connectivity index (χ1n) is 7.64. The molecule has 0 atom stereocenters. The van der Waals surface area contributed by atoms with E-state index in [2.05, 4.69) is 52.1 Å². The van der Waals surface area contributed by atoms with E-state index in [1.54, 1.807) is 0 Å². The minimum absolute atomic E-state index is 0.593. The molecule has 1 aromatic rings. The lowest BCUT2D eigenvalue weighted by atomic mass is 10.2. The fourth-order valence-corrected chi connectivity index (χ4v) is 2.68. The van der Waals surface area contributed by atoms with Crippen LogP contribution >= 0.6 is 12.2 Å². The van der Waals surface area contributed by atoms with E-state index in [0.717, 1.165) is 52.2 Å². The van der Waals surface area contributed by atoms with Gasteiger partial charge < -0.3 is 15.5 Å². The summed E-state index contributed by atoms with van der Waals surface area (Å²) in [5, 5.41) is 0. The summed E-state index contributed by atoms with van der Waals surface area (Å²) in [5.41, 5.74) is 6.91. The maximum atomic E-state index is 5.66. The van der Waals surface area contributed by atoms with E-state index in [1.165, 1.54) is 5.69 Å². The van der Waals surface area contributed by atoms with Crippen molar-refractivity contribution in [3.05, 3.63) is 30.3 Å². The minimum Gasteiger partial charge on any atom is -0.393 e. The highest BCUT2D eigenvalue weighted by Gasteiger charge is 2.15. The molecule has 0 aromatic heterocycles. The molecule has 1 aliphatic rings. The van der Waals surface area contributed by atoms with E-state index in [-0.39, 0.29) is 0 Å². The topological polar surface area (TPSA) is 35.7 Å². The molecular weight excluding hydrogens is 280 g/mol. The van der Waals surface area contributed by atoms with Gasteiger partial charge >= 0.3 is 0 Å². The Balaban J connectivity index is 1.88. The molecule has 1 heterocycles. The molecule has 5 heteroatoms. The lowest BCUT2D eigenvalue weighted by Crippen LogP contribution is -2.47. The van der Waals surface area contributed by atoms with Gasteiger partial charge in [-0.3, -0.25) is 4.90 Å². The van der Waals surface area contributed by atoms with Crippen LogP contribution < -0.4 is 10.6 Å². The number of hydrogen-bond donors (Lipinski definition) is 1. The summed E-state index contributed by atoms with van der Waals surface area (Å²) in [5.74, 6) is 0. The van der Waals surface area contributed by atoms with E-state index >= 15 is 0 Å². The third kappa shape index (κ3) is 5.61. The Morgan fingerprint density at radius 1 is 1.14 bits per heavy atom. The molecule has 116 valence electrons. The monoisotopic (exact) mass is 306 g/mol. The van der Waals surface area contributed by atoms with Crippen LogP contribution in [0.15, 0.2) is 30.3 Å². The lowest BCUT2D eigenvalue weighted by Gasteiger charge is -2.34. The number of para-hydroxylation sites is 1. The van der Waals surface area contributed by atoms with E-state index in [4.69, 9.17) is 18.0 Å². The normalized spacial score (nSPS) is 16.8. The quantitative estimate of drug-likeness (QED) is 0.771. The molecule has 2 rings (SSSR count). The average Bonchev–Trinajstić information content (AvgIpc) is 2.50. The number of rotatable bonds is 7. The summed E-state index contributed by atoms with van der Waals surface area (Å²) in [6.45, 7) is 7.67. The number of nitrogens with two attached hydrogens (primary N) is 1. The summed E-state index contributed by atoms with van der Waals surface area (Å²) >= 11 is 5.02. The van der Waals surface area contributed by atoms with E-state index in [1.807, 2.05) is 0 Å². The molecule has 0 aliphatic carbocycles. The Bertz CT molecular complexity index is 429. The van der Waals surface area contributed by atoms with Crippen LogP contribution in [0.4, 0.5) is 5.69 Å². The molecule has 1 fully saturated rings. The molecule has 1 aliphatic heterocycles. The summed E-state index contributed by atoms with van der Waals surface area (Å²) in [7, 11) is 2.19. The van der Waals surface area contributed by atoms with Gasteiger partial charge in [-0.25, -0.2) is 0 Å². The first-order chi connectivity index (χ1) is 10.1. The van der Waals surface area contributed by atoms with Crippen molar-refractivity contribution < 1.29 is 0 Å². The molecule has 0 saturated carbocycles. The molecule has 0 unspecified atom stereocenters. The van der Waals surface area contributed by atoms with Crippen LogP contribution in [0.3, 0.4) is 0 Å². The Morgan fingerprint density at radius 3 is 2.43 bits per heavy atom. The van der Waals surface area contributed by atoms with Gasteiger partial charge in [-0.15, -0.1) is 0 Å². The maximum absolute atomic E-state index is 5.66. The predicted molar refractivity (Wildman–Crippen MR) is 94.0 cm³/mol. The van der Waals surface area contributed by atoms with Crippen molar-refractivity contribution in [3.63, 3.8) is 0 Å². The Hall–Kier alpha value is -1.17. The molecule has 1 aromatic carbocycles. The molecule has 0 amide bonds. The molecule has 0 radical (unpaired) electrons. The van der Waals surface area contributed by atoms with Crippen LogP contribution in [0.2, 0.25) is 0 Å². The van der Waals surface area contributed by atoms with Crippen LogP contribution in [-0.4, -0.2) is 67.6 Å². The summed E-state index contributed by atoms with van der Waals surface area (Å²) in [4.78, 5) is 7.91. The average molecular weight is 306 g/mol. The van der Waals surface area contributed by atoms with Crippen LogP contribution in [-0.2, 0) is 0 Å². The Labute approximate surface area is 133 Å². The Morgan fingerprint density at radius 2 is 1.81 bits per heavy atom. The predicted octanol–water partition coefficient (Wildman–Crippen LogP) is 1.42. The first kappa shape index (κ1) is 16.2. The second-order valence-corrected chi connectivity index (χ2v) is 6.21. The van der Waals surface area contributed by atoms with Gasteiger partial charge in [-0.2, -0.15) is 0 Å². The Kier molecular flexibility index (Phi) is 6.42. The standard InChI is InChI=1S/C16H26N4S/c1-18-9-11-19(12-10-18)13-14-20(8-7-16(17)21)15-5-3-2-4-6-15/h2-6H,7-14H2,1H3,(H2,17,21). The maximum Gasteiger partial charge on any atom is 0.0745 e. The molecule has 0 spiro atoms. The SMILES string of the molecule is CN1CCN(CCN(CCC(N)=S)c2ccccc2)CC1. The lowest BCUT2D eigenvalue weighted by molar-refractivity contribution is 0.157. The number of nitrogens with zero attached hydrogens (tertiary/aromatic N) is 3. The van der Waals surface area contributed by atoms with Crippen molar-refractivity contribution in [2.24, 2.45) is 5.73 Å². The van der Waals surface area contributed by atoms with Gasteiger partial charge in [-0.05, 0) is 19.2 Å². The molecule has 2 N–H and O–H groups in total. The van der Waals surface area contributed by atoms with Crippen molar-refractivity contribution in [1.29, 1.82) is 0 Å². The van der Waals surface area contributed by atoms with E-state index in [9.17, 15) is 0 Å². The molecular formula is C16H26N4S. The van der Waals surface area contributed by atoms with Crippen molar-refractivity contribution in [2.75, 3.05) is 57.8 Å². The van der Waals surface area contributed by atoms with Crippen molar-refractivity contribution in [2.45, 2.75) is 6.42 Å². The highest BCUT2D eigenvalue weighted by atomic mass is 32.1. The third-order valence-electron chi connectivity index (χ3n) is 4.03. The van der Waals surface area contributed by atoms with Crippen molar-refractivity contribution in [3.8, 4) is 0 Å². The van der Waals surface area contributed by atoms with Crippen LogP contribution in [0.25, 0.3) is 0 Å². The molecule has 4 nitrogen and oxygen atoms in total. The van der Waals surface area contributed by atoms with Crippen molar-refractivity contribution in [1.82, 2.24) is 9.80 Å². The second kappa shape index (κ2) is 8.32. The third-order valence-corrected chi connectivity index (χ3v) is 4.24. The van der Waals surface area contributed by atoms with Gasteiger partial charge in [0.15, 0.2) is 0 Å². The van der Waals surface area contributed by atoms with Gasteiger partial charge in [0.25, 0.3) is 0 Å². The summed E-state index contributed by atoms with van der Waals surface area (Å²) < 4.78 is 0. The number of thiocarbonyl (C=S) groups is 1. The van der Waals surface area contributed by atoms with Gasteiger partial charge in [0.1, 0.15) is 0 Å². The molecule has 21 heavy (non-hydrogen) atoms. The zero-order chi connectivity index (χ0) is 15.1. The largest absolute Gasteiger partial charge is 0.393 e. The van der Waals surface area contributed by atoms with Gasteiger partial charge in [0.2, 0.25) is 0 Å². The molecule has 1 saturated heterocycles. The van der Waals surface area contributed by atoms with Crippen LogP contribution in [0.1, 0.15) is 6.42 Å². The number of likely N-dealkylation sites (N-methyl/N-ethyl adjacent to an activating group) is 1. The zero-order valence-electron chi connectivity index (χ0n) is 12.9. The van der Waals surface area contributed by atoms with Crippen LogP contribution in [0.5, 0.6) is 0 Å². The smallest absolute Gasteiger partial charge is 0.0745 e. The summed E-state index contributed by atoms with van der Waals surface area (Å²) in [6, 6.07) is 10.5. The van der Waals surface area contributed by atoms with Gasteiger partial charge in [-0.1, -0.05) is 30.4 Å². The van der Waals surface area contributed by atoms with E-state index < -0.39 is 0 Å². The minimum atomic E-state index is 0.593. The fourth-order valence-electron chi connectivity index (χ4n) is 2.59. The van der Waals surface area contributed by atoms with E-state index in [0.29, 0.717) is 4.99 Å². The van der Waals surface area contributed by atoms with Crippen molar-refractivity contribution >= 4 is 22.9 Å². The number of benzene rings is 1. The first-order valence-corrected chi connectivity index (χ1v) is 8.05. The van der Waals surface area contributed by atoms with Gasteiger partial charge in [0.05, 0.1) is 4.99 Å². The second-order valence-electron chi connectivity index (χ2n) is 5.68. The molecule has 0 bridgehead atoms. The number of anilines is 1. The van der Waals surface area contributed by atoms with Crippen LogP contribution in [0, 0.1) is 0 Å². The highest BCUT2D eigenvalue weighted by Crippen LogP contribution is 2.14.